The van der Waals surface area contributed by atoms with Crippen molar-refractivity contribution in [1.29, 1.82) is 0 Å². The lowest BCUT2D eigenvalue weighted by molar-refractivity contribution is -0.146. The van der Waals surface area contributed by atoms with Crippen molar-refractivity contribution in [1.82, 2.24) is 4.31 Å². The van der Waals surface area contributed by atoms with Crippen LogP contribution >= 0.6 is 0 Å². The van der Waals surface area contributed by atoms with Crippen molar-refractivity contribution in [2.24, 2.45) is 0 Å². The van der Waals surface area contributed by atoms with E-state index in [0.717, 1.165) is 43.3 Å². The van der Waals surface area contributed by atoms with Gasteiger partial charge in [-0.3, -0.25) is 4.79 Å². The van der Waals surface area contributed by atoms with Gasteiger partial charge >= 0.3 is 12.1 Å². The normalized spacial score (nSPS) is 14.0. The average Bonchev–Trinajstić information content (AvgIpc) is 3.94. The molecule has 1 fully saturated rings. The molecular formula is C35H27F9N2O6S. The number of carbonyl (C=O) groups is 2. The van der Waals surface area contributed by atoms with Crippen LogP contribution in [-0.2, 0) is 27.9 Å². The summed E-state index contributed by atoms with van der Waals surface area (Å²) in [6, 6.07) is 10.8. The van der Waals surface area contributed by atoms with Gasteiger partial charge in [0.2, 0.25) is 21.7 Å². The first-order valence-corrected chi connectivity index (χ1v) is 17.0. The maximum absolute atomic E-state index is 14.9. The average molecular weight is 775 g/mol. The van der Waals surface area contributed by atoms with Gasteiger partial charge < -0.3 is 15.1 Å². The fourth-order valence-corrected chi connectivity index (χ4v) is 7.00. The molecule has 18 heteroatoms. The van der Waals surface area contributed by atoms with E-state index in [2.05, 4.69) is 0 Å². The van der Waals surface area contributed by atoms with Crippen molar-refractivity contribution in [2.45, 2.75) is 55.8 Å². The van der Waals surface area contributed by atoms with Gasteiger partial charge in [-0.05, 0) is 60.6 Å². The maximum atomic E-state index is 14.9. The van der Waals surface area contributed by atoms with E-state index in [4.69, 9.17) is 0 Å². The Labute approximate surface area is 295 Å². The van der Waals surface area contributed by atoms with Gasteiger partial charge in [0.15, 0.2) is 28.2 Å². The molecule has 0 saturated heterocycles. The molecule has 282 valence electrons. The quantitative estimate of drug-likeness (QED) is 0.0860. The second kappa shape index (κ2) is 14.7. The van der Waals surface area contributed by atoms with Gasteiger partial charge in [-0.1, -0.05) is 36.4 Å². The highest BCUT2D eigenvalue weighted by Crippen LogP contribution is 2.43. The van der Waals surface area contributed by atoms with E-state index >= 15 is 0 Å². The van der Waals surface area contributed by atoms with E-state index in [1.54, 1.807) is 0 Å². The van der Waals surface area contributed by atoms with Crippen LogP contribution in [-0.4, -0.2) is 47.5 Å². The second-order valence-corrected chi connectivity index (χ2v) is 14.2. The van der Waals surface area contributed by atoms with Gasteiger partial charge in [0, 0.05) is 23.9 Å². The zero-order valence-electron chi connectivity index (χ0n) is 27.2. The van der Waals surface area contributed by atoms with Crippen molar-refractivity contribution in [2.75, 3.05) is 11.4 Å². The predicted molar refractivity (Wildman–Crippen MR) is 169 cm³/mol. The summed E-state index contributed by atoms with van der Waals surface area (Å²) in [5.74, 6) is -20.5. The van der Waals surface area contributed by atoms with Crippen LogP contribution in [0.15, 0.2) is 65.6 Å². The number of carboxylic acid groups (broad SMARTS) is 1. The number of aromatic carboxylic acids is 1. The molecule has 0 radical (unpaired) electrons. The molecule has 0 aromatic heterocycles. The molecule has 0 bridgehead atoms. The third kappa shape index (κ3) is 8.12. The minimum Gasteiger partial charge on any atom is -0.507 e. The van der Waals surface area contributed by atoms with Crippen molar-refractivity contribution >= 4 is 27.6 Å². The van der Waals surface area contributed by atoms with Crippen LogP contribution in [0.1, 0.15) is 64.2 Å². The van der Waals surface area contributed by atoms with E-state index in [1.165, 1.54) is 24.3 Å². The number of carboxylic acids is 1. The number of anilines is 1. The summed E-state index contributed by atoms with van der Waals surface area (Å²) >= 11 is 0. The van der Waals surface area contributed by atoms with Crippen molar-refractivity contribution in [3.05, 3.63) is 123 Å². The third-order valence-electron chi connectivity index (χ3n) is 8.63. The number of phenols is 1. The van der Waals surface area contributed by atoms with Gasteiger partial charge in [0.25, 0.3) is 0 Å². The van der Waals surface area contributed by atoms with Gasteiger partial charge in [-0.25, -0.2) is 39.6 Å². The Hall–Kier alpha value is -5.10. The molecule has 5 rings (SSSR count). The van der Waals surface area contributed by atoms with E-state index in [-0.39, 0.29) is 27.0 Å². The molecule has 4 aromatic carbocycles. The number of carbonyl (C=O) groups excluding carboxylic acids is 1. The molecule has 53 heavy (non-hydrogen) atoms. The number of halogens is 9. The molecule has 1 saturated carbocycles. The Kier molecular flexibility index (Phi) is 10.9. The Balaban J connectivity index is 1.65. The molecule has 0 aliphatic heterocycles. The van der Waals surface area contributed by atoms with Gasteiger partial charge in [-0.15, -0.1) is 0 Å². The first-order valence-electron chi connectivity index (χ1n) is 15.5. The number of hydrogen-bond donors (Lipinski definition) is 2. The molecular weight excluding hydrogens is 747 g/mol. The Bertz CT molecular complexity index is 2180. The number of nitrogens with zero attached hydrogens (tertiary/aromatic N) is 2. The standard InChI is InChI=1S/C35H27F9N2O6S/c1-17(35(42,43)44)21-10-18(11-22(12-21)19-6-7-19)14-46(23-8-9-24(34(49)50)26(47)13-23)27(48)16-45(15-20-4-2-3-5-25(20)36)53(51,52)33-31(40)29(38)28(37)30(39)32(33)41/h2-5,8-13,17,19,47H,6-7,14-16H2,1H3,(H,49,50). The maximum Gasteiger partial charge on any atom is 0.395 e. The van der Waals surface area contributed by atoms with Gasteiger partial charge in [0.1, 0.15) is 17.1 Å². The molecule has 4 aromatic rings. The minimum absolute atomic E-state index is 0.0546. The topological polar surface area (TPSA) is 115 Å². The number of hydrogen-bond acceptors (Lipinski definition) is 5. The molecule has 1 unspecified atom stereocenters. The molecule has 0 heterocycles. The van der Waals surface area contributed by atoms with E-state index in [9.17, 15) is 67.7 Å². The third-order valence-corrected chi connectivity index (χ3v) is 10.4. The molecule has 0 spiro atoms. The lowest BCUT2D eigenvalue weighted by Gasteiger charge is -2.29. The van der Waals surface area contributed by atoms with Crippen molar-refractivity contribution < 1.29 is 67.7 Å². The minimum atomic E-state index is -5.92. The zero-order chi connectivity index (χ0) is 39.2. The fourth-order valence-electron chi connectivity index (χ4n) is 5.52. The number of benzene rings is 4. The summed E-state index contributed by atoms with van der Waals surface area (Å²) in [5.41, 5.74) is -1.15. The highest BCUT2D eigenvalue weighted by Gasteiger charge is 2.40. The molecule has 2 N–H and O–H groups in total. The van der Waals surface area contributed by atoms with Gasteiger partial charge in [-0.2, -0.15) is 17.5 Å². The largest absolute Gasteiger partial charge is 0.507 e. The molecule has 8 nitrogen and oxygen atoms in total. The van der Waals surface area contributed by atoms with Crippen LogP contribution < -0.4 is 4.90 Å². The monoisotopic (exact) mass is 774 g/mol. The first kappa shape index (κ1) is 39.1. The van der Waals surface area contributed by atoms with Crippen LogP contribution in [0, 0.1) is 34.9 Å². The molecule has 1 amide bonds. The molecule has 1 atom stereocenters. The number of amides is 1. The second-order valence-electron chi connectivity index (χ2n) is 12.3. The summed E-state index contributed by atoms with van der Waals surface area (Å²) in [4.78, 5) is 24.1. The Morgan fingerprint density at radius 3 is 2.00 bits per heavy atom. The Morgan fingerprint density at radius 2 is 1.45 bits per heavy atom. The van der Waals surface area contributed by atoms with E-state index < -0.39 is 110 Å². The lowest BCUT2D eigenvalue weighted by Crippen LogP contribution is -2.43. The van der Waals surface area contributed by atoms with Crippen LogP contribution in [0.4, 0.5) is 45.2 Å². The summed E-state index contributed by atoms with van der Waals surface area (Å²) in [5, 5.41) is 19.8. The van der Waals surface area contributed by atoms with Crippen LogP contribution in [0.5, 0.6) is 5.75 Å². The lowest BCUT2D eigenvalue weighted by atomic mass is 9.94. The highest BCUT2D eigenvalue weighted by molar-refractivity contribution is 7.89. The predicted octanol–water partition coefficient (Wildman–Crippen LogP) is 7.89. The zero-order valence-corrected chi connectivity index (χ0v) is 28.0. The highest BCUT2D eigenvalue weighted by atomic mass is 32.2. The van der Waals surface area contributed by atoms with E-state index in [0.29, 0.717) is 23.3 Å². The Morgan fingerprint density at radius 1 is 0.849 bits per heavy atom. The SMILES string of the molecule is CC(c1cc(CN(C(=O)CN(Cc2ccccc2F)S(=O)(=O)c2c(F)c(F)c(F)c(F)c2F)c2ccc(C(=O)O)c(O)c2)cc(C2CC2)c1)C(F)(F)F. The summed E-state index contributed by atoms with van der Waals surface area (Å²) in [6.45, 7) is -2.47. The summed E-state index contributed by atoms with van der Waals surface area (Å²) < 4.78 is 156. The number of alkyl halides is 3. The first-order chi connectivity index (χ1) is 24.7. The number of aromatic hydroxyl groups is 1. The summed E-state index contributed by atoms with van der Waals surface area (Å²) in [7, 11) is -5.92. The van der Waals surface area contributed by atoms with Crippen LogP contribution in [0.3, 0.4) is 0 Å². The van der Waals surface area contributed by atoms with Crippen molar-refractivity contribution in [3.8, 4) is 5.75 Å². The molecule has 1 aliphatic rings. The number of sulfonamides is 1. The van der Waals surface area contributed by atoms with Crippen LogP contribution in [0.25, 0.3) is 0 Å². The number of rotatable bonds is 12. The molecule has 1 aliphatic carbocycles. The van der Waals surface area contributed by atoms with Crippen molar-refractivity contribution in [3.63, 3.8) is 0 Å². The van der Waals surface area contributed by atoms with Crippen LogP contribution in [0.2, 0.25) is 0 Å². The van der Waals surface area contributed by atoms with Gasteiger partial charge in [0.05, 0.1) is 19.0 Å². The fraction of sp³-hybridized carbons (Fsp3) is 0.257. The smallest absolute Gasteiger partial charge is 0.395 e. The summed E-state index contributed by atoms with van der Waals surface area (Å²) in [6.07, 6.45) is -3.38. The van der Waals surface area contributed by atoms with E-state index in [1.807, 2.05) is 0 Å².